The van der Waals surface area contributed by atoms with E-state index < -0.39 is 0 Å². The largest absolute Gasteiger partial charge is 0.339 e. The average molecular weight is 496 g/mol. The van der Waals surface area contributed by atoms with E-state index in [1.165, 1.54) is 12.1 Å². The lowest BCUT2D eigenvalue weighted by molar-refractivity contribution is 0.0791. The Balaban J connectivity index is 1.43. The molecule has 34 heavy (non-hydrogen) atoms. The number of carbonyl (C=O) groups is 3. The van der Waals surface area contributed by atoms with E-state index in [0.29, 0.717) is 38.1 Å². The van der Waals surface area contributed by atoms with Gasteiger partial charge in [0, 0.05) is 51.2 Å². The van der Waals surface area contributed by atoms with Gasteiger partial charge in [-0.3, -0.25) is 14.4 Å². The molecule has 0 radical (unpaired) electrons. The van der Waals surface area contributed by atoms with Gasteiger partial charge in [-0.15, -0.1) is 0 Å². The number of rotatable bonds is 5. The van der Waals surface area contributed by atoms with Crippen molar-refractivity contribution in [3.05, 3.63) is 93.0 Å². The lowest BCUT2D eigenvalue weighted by Crippen LogP contribution is -2.28. The van der Waals surface area contributed by atoms with Gasteiger partial charge in [-0.05, 0) is 79.9 Å². The number of hydrogen-bond acceptors (Lipinski definition) is 3. The van der Waals surface area contributed by atoms with Crippen LogP contribution in [0.2, 0.25) is 10.0 Å². The van der Waals surface area contributed by atoms with E-state index in [1.54, 1.807) is 48.5 Å². The highest BCUT2D eigenvalue weighted by molar-refractivity contribution is 6.35. The first-order valence-electron chi connectivity index (χ1n) is 10.9. The Morgan fingerprint density at radius 1 is 0.794 bits per heavy atom. The van der Waals surface area contributed by atoms with Crippen molar-refractivity contribution in [3.8, 4) is 0 Å². The molecule has 3 aromatic carbocycles. The van der Waals surface area contributed by atoms with Crippen LogP contribution in [0.25, 0.3) is 0 Å². The molecule has 1 saturated heterocycles. The number of hydrogen-bond donors (Lipinski definition) is 2. The van der Waals surface area contributed by atoms with Crippen molar-refractivity contribution in [2.24, 2.45) is 0 Å². The first-order chi connectivity index (χ1) is 16.3. The summed E-state index contributed by atoms with van der Waals surface area (Å²) >= 11 is 11.9. The molecule has 1 fully saturated rings. The fourth-order valence-corrected chi connectivity index (χ4v) is 4.41. The van der Waals surface area contributed by atoms with E-state index in [2.05, 4.69) is 10.6 Å². The third kappa shape index (κ3) is 5.41. The summed E-state index contributed by atoms with van der Waals surface area (Å²) in [6.07, 6.45) is 2.04. The average Bonchev–Trinajstić information content (AvgIpc) is 3.35. The van der Waals surface area contributed by atoms with Crippen molar-refractivity contribution in [1.29, 1.82) is 0 Å². The predicted molar refractivity (Wildman–Crippen MR) is 135 cm³/mol. The molecule has 6 nitrogen and oxygen atoms in total. The molecule has 3 amide bonds. The van der Waals surface area contributed by atoms with Gasteiger partial charge in [0.25, 0.3) is 17.7 Å². The third-order valence-corrected chi connectivity index (χ3v) is 6.17. The molecule has 4 rings (SSSR count). The van der Waals surface area contributed by atoms with Crippen LogP contribution in [0.4, 0.5) is 11.4 Å². The van der Waals surface area contributed by atoms with Crippen LogP contribution in [0.1, 0.15) is 49.5 Å². The van der Waals surface area contributed by atoms with Crippen LogP contribution in [0.15, 0.2) is 60.7 Å². The van der Waals surface area contributed by atoms with Crippen molar-refractivity contribution >= 4 is 52.3 Å². The van der Waals surface area contributed by atoms with Gasteiger partial charge in [0.15, 0.2) is 0 Å². The first-order valence-corrected chi connectivity index (χ1v) is 11.6. The summed E-state index contributed by atoms with van der Waals surface area (Å²) < 4.78 is 0. The number of likely N-dealkylation sites (tertiary alicyclic amines) is 1. The van der Waals surface area contributed by atoms with Crippen LogP contribution in [0.3, 0.4) is 0 Å². The van der Waals surface area contributed by atoms with Crippen molar-refractivity contribution in [1.82, 2.24) is 4.90 Å². The summed E-state index contributed by atoms with van der Waals surface area (Å²) in [5, 5.41) is 6.37. The fraction of sp³-hybridized carbons (Fsp3) is 0.192. The summed E-state index contributed by atoms with van der Waals surface area (Å²) in [6, 6.07) is 16.4. The number of carbonyl (C=O) groups excluding carboxylic acids is 3. The minimum Gasteiger partial charge on any atom is -0.339 e. The van der Waals surface area contributed by atoms with Crippen molar-refractivity contribution in [3.63, 3.8) is 0 Å². The standard InChI is InChI=1S/C26H23Cl2N3O3/c1-16-22(26(34)31-11-2-3-12-31)5-4-6-23(16)30-24(32)17-7-9-21(10-8-17)29-25(33)18-13-19(27)15-20(28)14-18/h4-10,13-15H,2-3,11-12H2,1H3,(H,29,33)(H,30,32). The lowest BCUT2D eigenvalue weighted by Gasteiger charge is -2.18. The monoisotopic (exact) mass is 495 g/mol. The van der Waals surface area contributed by atoms with Crippen LogP contribution in [-0.4, -0.2) is 35.7 Å². The molecule has 0 atom stereocenters. The fourth-order valence-electron chi connectivity index (χ4n) is 3.88. The molecule has 0 unspecified atom stereocenters. The second-order valence-corrected chi connectivity index (χ2v) is 8.99. The minimum absolute atomic E-state index is 0.00724. The number of anilines is 2. The summed E-state index contributed by atoms with van der Waals surface area (Å²) in [5.41, 5.74) is 3.19. The van der Waals surface area contributed by atoms with Crippen LogP contribution in [0, 0.1) is 6.92 Å². The quantitative estimate of drug-likeness (QED) is 0.452. The maximum absolute atomic E-state index is 12.8. The minimum atomic E-state index is -0.364. The second kappa shape index (κ2) is 10.3. The zero-order valence-corrected chi connectivity index (χ0v) is 20.0. The molecule has 0 bridgehead atoms. The van der Waals surface area contributed by atoms with Crippen molar-refractivity contribution in [2.45, 2.75) is 19.8 Å². The molecule has 174 valence electrons. The maximum atomic E-state index is 12.8. The normalized spacial score (nSPS) is 13.0. The topological polar surface area (TPSA) is 78.5 Å². The number of benzene rings is 3. The Morgan fingerprint density at radius 2 is 1.41 bits per heavy atom. The van der Waals surface area contributed by atoms with Gasteiger partial charge in [-0.2, -0.15) is 0 Å². The Morgan fingerprint density at radius 3 is 2.06 bits per heavy atom. The maximum Gasteiger partial charge on any atom is 0.255 e. The molecule has 0 spiro atoms. The highest BCUT2D eigenvalue weighted by Crippen LogP contribution is 2.24. The Kier molecular flexibility index (Phi) is 7.20. The summed E-state index contributed by atoms with van der Waals surface area (Å²) in [7, 11) is 0. The molecule has 1 heterocycles. The molecule has 0 aliphatic carbocycles. The summed E-state index contributed by atoms with van der Waals surface area (Å²) in [4.78, 5) is 39.9. The van der Waals surface area contributed by atoms with Gasteiger partial charge in [-0.1, -0.05) is 29.3 Å². The second-order valence-electron chi connectivity index (χ2n) is 8.12. The number of halogens is 2. The van der Waals surface area contributed by atoms with Gasteiger partial charge < -0.3 is 15.5 Å². The van der Waals surface area contributed by atoms with Crippen molar-refractivity contribution < 1.29 is 14.4 Å². The van der Waals surface area contributed by atoms with Gasteiger partial charge in [0.05, 0.1) is 0 Å². The zero-order chi connectivity index (χ0) is 24.2. The Labute approximate surface area is 207 Å². The lowest BCUT2D eigenvalue weighted by atomic mass is 10.0. The van der Waals surface area contributed by atoms with Crippen molar-refractivity contribution in [2.75, 3.05) is 23.7 Å². The number of nitrogens with zero attached hydrogens (tertiary/aromatic N) is 1. The van der Waals surface area contributed by atoms with Gasteiger partial charge >= 0.3 is 0 Å². The first kappa shape index (κ1) is 23.8. The Hall–Kier alpha value is -3.35. The van der Waals surface area contributed by atoms with E-state index in [4.69, 9.17) is 23.2 Å². The molecular formula is C26H23Cl2N3O3. The zero-order valence-electron chi connectivity index (χ0n) is 18.5. The highest BCUT2D eigenvalue weighted by atomic mass is 35.5. The third-order valence-electron chi connectivity index (χ3n) is 5.74. The molecule has 0 saturated carbocycles. The Bertz CT molecular complexity index is 1230. The molecule has 1 aliphatic rings. The molecule has 2 N–H and O–H groups in total. The molecular weight excluding hydrogens is 473 g/mol. The van der Waals surface area contributed by atoms with E-state index in [1.807, 2.05) is 11.8 Å². The number of nitrogens with one attached hydrogen (secondary N) is 2. The van der Waals surface area contributed by atoms with Crippen LogP contribution in [-0.2, 0) is 0 Å². The molecule has 1 aliphatic heterocycles. The van der Waals surface area contributed by atoms with Crippen LogP contribution in [0.5, 0.6) is 0 Å². The van der Waals surface area contributed by atoms with E-state index in [9.17, 15) is 14.4 Å². The summed E-state index contributed by atoms with van der Waals surface area (Å²) in [5.74, 6) is -0.683. The van der Waals surface area contributed by atoms with E-state index in [0.717, 1.165) is 31.5 Å². The van der Waals surface area contributed by atoms with Crippen LogP contribution >= 0.6 is 23.2 Å². The van der Waals surface area contributed by atoms with Gasteiger partial charge in [0.2, 0.25) is 0 Å². The van der Waals surface area contributed by atoms with E-state index in [-0.39, 0.29) is 17.7 Å². The smallest absolute Gasteiger partial charge is 0.255 e. The van der Waals surface area contributed by atoms with Crippen LogP contribution < -0.4 is 10.6 Å². The number of amides is 3. The molecule has 3 aromatic rings. The molecule has 8 heteroatoms. The summed E-state index contributed by atoms with van der Waals surface area (Å²) in [6.45, 7) is 3.36. The predicted octanol–water partition coefficient (Wildman–Crippen LogP) is 6.04. The van der Waals surface area contributed by atoms with Gasteiger partial charge in [0.1, 0.15) is 0 Å². The van der Waals surface area contributed by atoms with E-state index >= 15 is 0 Å². The molecule has 0 aromatic heterocycles. The highest BCUT2D eigenvalue weighted by Gasteiger charge is 2.22. The SMILES string of the molecule is Cc1c(NC(=O)c2ccc(NC(=O)c3cc(Cl)cc(Cl)c3)cc2)cccc1C(=O)N1CCCC1. The van der Waals surface area contributed by atoms with Gasteiger partial charge in [-0.25, -0.2) is 0 Å².